The molecule has 2 aromatic rings. The molecule has 0 aliphatic carbocycles. The third kappa shape index (κ3) is 3.65. The maximum atomic E-state index is 13.9. The van der Waals surface area contributed by atoms with Gasteiger partial charge in [0.25, 0.3) is 10.0 Å². The lowest BCUT2D eigenvalue weighted by molar-refractivity contribution is 0.569. The van der Waals surface area contributed by atoms with Crippen LogP contribution in [0.4, 0.5) is 10.1 Å². The van der Waals surface area contributed by atoms with Crippen molar-refractivity contribution in [3.63, 3.8) is 0 Å². The van der Waals surface area contributed by atoms with Gasteiger partial charge in [-0.15, -0.1) is 0 Å². The molecule has 0 heterocycles. The molecule has 0 aromatic heterocycles. The molecule has 0 fully saturated rings. The molecule has 0 bridgehead atoms. The van der Waals surface area contributed by atoms with Crippen molar-refractivity contribution >= 4 is 38.9 Å². The van der Waals surface area contributed by atoms with Crippen LogP contribution in [0.25, 0.3) is 0 Å². The lowest BCUT2D eigenvalue weighted by Crippen LogP contribution is -2.15. The molecule has 0 saturated heterocycles. The minimum absolute atomic E-state index is 0.0754. The number of anilines is 1. The van der Waals surface area contributed by atoms with Crippen molar-refractivity contribution in [2.45, 2.75) is 11.4 Å². The number of nitrogens with one attached hydrogen (secondary N) is 1. The van der Waals surface area contributed by atoms with E-state index in [1.54, 1.807) is 0 Å². The van der Waals surface area contributed by atoms with Crippen molar-refractivity contribution in [1.29, 1.82) is 0 Å². The minimum Gasteiger partial charge on any atom is -0.326 e. The molecule has 0 aliphatic rings. The molecule has 2 aromatic carbocycles. The Morgan fingerprint density at radius 1 is 1.14 bits per heavy atom. The molecule has 21 heavy (non-hydrogen) atoms. The summed E-state index contributed by atoms with van der Waals surface area (Å²) in [7, 11) is -4.12. The van der Waals surface area contributed by atoms with Gasteiger partial charge in [0.2, 0.25) is 0 Å². The number of nitrogens with two attached hydrogens (primary N) is 1. The van der Waals surface area contributed by atoms with Crippen molar-refractivity contribution in [2.75, 3.05) is 4.72 Å². The normalized spacial score (nSPS) is 11.4. The minimum atomic E-state index is -4.12. The van der Waals surface area contributed by atoms with E-state index >= 15 is 0 Å². The molecular formula is C13H11Cl2FN2O2S. The fourth-order valence-electron chi connectivity index (χ4n) is 1.66. The largest absolute Gasteiger partial charge is 0.326 e. The van der Waals surface area contributed by atoms with Gasteiger partial charge < -0.3 is 5.73 Å². The Balaban J connectivity index is 2.41. The van der Waals surface area contributed by atoms with Gasteiger partial charge in [-0.3, -0.25) is 4.72 Å². The number of halogens is 3. The van der Waals surface area contributed by atoms with Gasteiger partial charge in [0.15, 0.2) is 0 Å². The van der Waals surface area contributed by atoms with E-state index in [1.165, 1.54) is 24.3 Å². The molecule has 0 atom stereocenters. The predicted molar refractivity (Wildman–Crippen MR) is 81.6 cm³/mol. The second kappa shape index (κ2) is 6.19. The summed E-state index contributed by atoms with van der Waals surface area (Å²) in [6.07, 6.45) is 0. The maximum absolute atomic E-state index is 13.9. The van der Waals surface area contributed by atoms with Crippen molar-refractivity contribution < 1.29 is 12.8 Å². The van der Waals surface area contributed by atoms with Crippen LogP contribution in [-0.4, -0.2) is 8.42 Å². The van der Waals surface area contributed by atoms with Crippen LogP contribution < -0.4 is 10.5 Å². The molecule has 2 rings (SSSR count). The summed E-state index contributed by atoms with van der Waals surface area (Å²) in [6, 6.07) is 7.96. The van der Waals surface area contributed by atoms with E-state index in [4.69, 9.17) is 28.9 Å². The van der Waals surface area contributed by atoms with E-state index in [-0.39, 0.29) is 17.3 Å². The van der Waals surface area contributed by atoms with Crippen LogP contribution in [0.5, 0.6) is 0 Å². The fourth-order valence-corrected chi connectivity index (χ4v) is 3.19. The fraction of sp³-hybridized carbons (Fsp3) is 0.0769. The highest BCUT2D eigenvalue weighted by Crippen LogP contribution is 2.28. The second-order valence-electron chi connectivity index (χ2n) is 4.20. The highest BCUT2D eigenvalue weighted by Gasteiger charge is 2.20. The lowest BCUT2D eigenvalue weighted by Gasteiger charge is -2.11. The van der Waals surface area contributed by atoms with Crippen LogP contribution in [0.2, 0.25) is 10.0 Å². The Labute approximate surface area is 131 Å². The summed E-state index contributed by atoms with van der Waals surface area (Å²) in [5.74, 6) is -0.886. The Morgan fingerprint density at radius 3 is 2.48 bits per heavy atom. The summed E-state index contributed by atoms with van der Waals surface area (Å²) in [5, 5.41) is 0.456. The van der Waals surface area contributed by atoms with Gasteiger partial charge in [0.05, 0.1) is 10.7 Å². The number of hydrogen-bond acceptors (Lipinski definition) is 3. The van der Waals surface area contributed by atoms with Gasteiger partial charge in [-0.25, -0.2) is 12.8 Å². The van der Waals surface area contributed by atoms with E-state index in [9.17, 15) is 12.8 Å². The van der Waals surface area contributed by atoms with Crippen molar-refractivity contribution in [3.05, 3.63) is 57.8 Å². The Hall–Kier alpha value is -1.34. The zero-order chi connectivity index (χ0) is 15.6. The van der Waals surface area contributed by atoms with Crippen LogP contribution in [0.15, 0.2) is 41.3 Å². The van der Waals surface area contributed by atoms with E-state index in [0.717, 1.165) is 12.1 Å². The summed E-state index contributed by atoms with van der Waals surface area (Å²) >= 11 is 11.7. The average molecular weight is 349 g/mol. The summed E-state index contributed by atoms with van der Waals surface area (Å²) in [6.45, 7) is 0.116. The predicted octanol–water partition coefficient (Wildman–Crippen LogP) is 3.39. The van der Waals surface area contributed by atoms with E-state index in [2.05, 4.69) is 4.72 Å². The van der Waals surface area contributed by atoms with Crippen LogP contribution in [0, 0.1) is 5.82 Å². The molecule has 0 unspecified atom stereocenters. The molecule has 0 amide bonds. The van der Waals surface area contributed by atoms with Gasteiger partial charge in [-0.2, -0.15) is 0 Å². The average Bonchev–Trinajstić information content (AvgIpc) is 2.42. The molecule has 0 spiro atoms. The Bertz CT molecular complexity index is 782. The molecule has 0 saturated carbocycles. The zero-order valence-corrected chi connectivity index (χ0v) is 12.9. The zero-order valence-electron chi connectivity index (χ0n) is 10.6. The number of sulfonamides is 1. The molecule has 0 aliphatic heterocycles. The van der Waals surface area contributed by atoms with Crippen LogP contribution in [0.3, 0.4) is 0 Å². The molecule has 112 valence electrons. The Morgan fingerprint density at radius 2 is 1.86 bits per heavy atom. The van der Waals surface area contributed by atoms with Crippen molar-refractivity contribution in [1.82, 2.24) is 0 Å². The van der Waals surface area contributed by atoms with Gasteiger partial charge in [0.1, 0.15) is 10.7 Å². The van der Waals surface area contributed by atoms with Crippen molar-refractivity contribution in [2.24, 2.45) is 5.73 Å². The lowest BCUT2D eigenvalue weighted by atomic mass is 10.2. The van der Waals surface area contributed by atoms with E-state index < -0.39 is 20.7 Å². The molecule has 8 heteroatoms. The summed E-state index contributed by atoms with van der Waals surface area (Å²) in [5.41, 5.74) is 5.94. The topological polar surface area (TPSA) is 72.2 Å². The molecule has 4 nitrogen and oxygen atoms in total. The Kier molecular flexibility index (Phi) is 4.73. The molecule has 0 radical (unpaired) electrons. The molecular weight excluding hydrogens is 338 g/mol. The number of rotatable bonds is 4. The first-order valence-electron chi connectivity index (χ1n) is 5.80. The quantitative estimate of drug-likeness (QED) is 0.889. The third-order valence-corrected chi connectivity index (χ3v) is 4.66. The monoisotopic (exact) mass is 348 g/mol. The maximum Gasteiger partial charge on any atom is 0.264 e. The summed E-state index contributed by atoms with van der Waals surface area (Å²) < 4.78 is 40.5. The van der Waals surface area contributed by atoms with Crippen molar-refractivity contribution in [3.8, 4) is 0 Å². The van der Waals surface area contributed by atoms with Gasteiger partial charge in [-0.1, -0.05) is 29.3 Å². The first-order valence-corrected chi connectivity index (χ1v) is 8.04. The van der Waals surface area contributed by atoms with E-state index in [1.807, 2.05) is 0 Å². The highest BCUT2D eigenvalue weighted by atomic mass is 35.5. The highest BCUT2D eigenvalue weighted by molar-refractivity contribution is 7.92. The van der Waals surface area contributed by atoms with E-state index in [0.29, 0.717) is 10.6 Å². The van der Waals surface area contributed by atoms with Gasteiger partial charge >= 0.3 is 0 Å². The van der Waals surface area contributed by atoms with Gasteiger partial charge in [-0.05, 0) is 35.9 Å². The first kappa shape index (κ1) is 16.0. The molecule has 3 N–H and O–H groups in total. The third-order valence-electron chi connectivity index (χ3n) is 2.69. The smallest absolute Gasteiger partial charge is 0.264 e. The van der Waals surface area contributed by atoms with Crippen LogP contribution in [-0.2, 0) is 16.6 Å². The number of hydrogen-bond donors (Lipinski definition) is 2. The standard InChI is InChI=1S/C13H11Cl2FN2O2S/c14-9-2-3-10(15)12(6-9)18-21(19,20)13-4-1-8(7-17)5-11(13)16/h1-6,18H,7,17H2. The summed E-state index contributed by atoms with van der Waals surface area (Å²) in [4.78, 5) is -0.490. The van der Waals surface area contributed by atoms with Crippen LogP contribution in [0.1, 0.15) is 5.56 Å². The first-order chi connectivity index (χ1) is 9.83. The van der Waals surface area contributed by atoms with Crippen LogP contribution >= 0.6 is 23.2 Å². The SMILES string of the molecule is NCc1ccc(S(=O)(=O)Nc2cc(Cl)ccc2Cl)c(F)c1. The second-order valence-corrected chi connectivity index (χ2v) is 6.69. The van der Waals surface area contributed by atoms with Gasteiger partial charge in [0, 0.05) is 11.6 Å². The number of benzene rings is 2.